The SMILES string of the molecule is COc1ccc(Nc2nc(Cl)nc3sc(C)cc23)cc1Br. The van der Waals surface area contributed by atoms with Gasteiger partial charge in [-0.05, 0) is 58.7 Å². The zero-order chi connectivity index (χ0) is 15.0. The van der Waals surface area contributed by atoms with Crippen molar-refractivity contribution in [2.24, 2.45) is 0 Å². The number of benzene rings is 1. The molecule has 4 nitrogen and oxygen atoms in total. The summed E-state index contributed by atoms with van der Waals surface area (Å²) in [5.41, 5.74) is 0.891. The van der Waals surface area contributed by atoms with Crippen LogP contribution < -0.4 is 10.1 Å². The first-order valence-corrected chi connectivity index (χ1v) is 8.10. The second kappa shape index (κ2) is 5.79. The van der Waals surface area contributed by atoms with Gasteiger partial charge < -0.3 is 10.1 Å². The molecule has 3 rings (SSSR count). The van der Waals surface area contributed by atoms with Gasteiger partial charge in [0.1, 0.15) is 16.4 Å². The van der Waals surface area contributed by atoms with Crippen LogP contribution in [0.1, 0.15) is 4.88 Å². The van der Waals surface area contributed by atoms with Gasteiger partial charge in [-0.2, -0.15) is 4.98 Å². The molecule has 0 saturated carbocycles. The summed E-state index contributed by atoms with van der Waals surface area (Å²) in [5.74, 6) is 1.48. The molecule has 3 aromatic rings. The fraction of sp³-hybridized carbons (Fsp3) is 0.143. The Morgan fingerprint density at radius 3 is 2.81 bits per heavy atom. The number of nitrogens with one attached hydrogen (secondary N) is 1. The summed E-state index contributed by atoms with van der Waals surface area (Å²) in [5, 5.41) is 4.48. The van der Waals surface area contributed by atoms with Gasteiger partial charge in [0.2, 0.25) is 5.28 Å². The van der Waals surface area contributed by atoms with Gasteiger partial charge >= 0.3 is 0 Å². The summed E-state index contributed by atoms with van der Waals surface area (Å²) in [6.45, 7) is 2.04. The smallest absolute Gasteiger partial charge is 0.225 e. The first kappa shape index (κ1) is 14.6. The predicted molar refractivity (Wildman–Crippen MR) is 91.1 cm³/mol. The molecular weight excluding hydrogens is 374 g/mol. The van der Waals surface area contributed by atoms with Crippen molar-refractivity contribution < 1.29 is 4.74 Å². The van der Waals surface area contributed by atoms with Crippen LogP contribution in [0.2, 0.25) is 5.28 Å². The van der Waals surface area contributed by atoms with E-state index in [2.05, 4.69) is 37.3 Å². The second-order valence-electron chi connectivity index (χ2n) is 4.39. The minimum Gasteiger partial charge on any atom is -0.496 e. The molecule has 2 heterocycles. The fourth-order valence-electron chi connectivity index (χ4n) is 1.99. The largest absolute Gasteiger partial charge is 0.496 e. The highest BCUT2D eigenvalue weighted by Gasteiger charge is 2.10. The molecule has 0 fully saturated rings. The van der Waals surface area contributed by atoms with Crippen LogP contribution in [-0.4, -0.2) is 17.1 Å². The molecule has 108 valence electrons. The van der Waals surface area contributed by atoms with E-state index in [1.165, 1.54) is 4.88 Å². The molecule has 0 aliphatic carbocycles. The van der Waals surface area contributed by atoms with E-state index in [0.717, 1.165) is 26.1 Å². The molecule has 0 bridgehead atoms. The van der Waals surface area contributed by atoms with Gasteiger partial charge in [0, 0.05) is 10.6 Å². The summed E-state index contributed by atoms with van der Waals surface area (Å²) in [7, 11) is 1.63. The van der Waals surface area contributed by atoms with Crippen LogP contribution in [0.4, 0.5) is 11.5 Å². The maximum Gasteiger partial charge on any atom is 0.225 e. The van der Waals surface area contributed by atoms with E-state index >= 15 is 0 Å². The Morgan fingerprint density at radius 2 is 2.10 bits per heavy atom. The van der Waals surface area contributed by atoms with Crippen molar-refractivity contribution in [1.29, 1.82) is 0 Å². The Balaban J connectivity index is 2.03. The van der Waals surface area contributed by atoms with Crippen LogP contribution in [-0.2, 0) is 0 Å². The van der Waals surface area contributed by atoms with E-state index in [9.17, 15) is 0 Å². The third kappa shape index (κ3) is 2.97. The normalized spacial score (nSPS) is 10.9. The Morgan fingerprint density at radius 1 is 1.29 bits per heavy atom. The number of anilines is 2. The summed E-state index contributed by atoms with van der Waals surface area (Å²) >= 11 is 11.1. The number of aryl methyl sites for hydroxylation is 1. The van der Waals surface area contributed by atoms with Gasteiger partial charge in [-0.15, -0.1) is 11.3 Å². The third-order valence-electron chi connectivity index (χ3n) is 2.90. The molecule has 0 unspecified atom stereocenters. The van der Waals surface area contributed by atoms with Crippen molar-refractivity contribution >= 4 is 60.6 Å². The van der Waals surface area contributed by atoms with Crippen LogP contribution in [0.3, 0.4) is 0 Å². The molecule has 1 aromatic carbocycles. The van der Waals surface area contributed by atoms with Gasteiger partial charge in [0.25, 0.3) is 0 Å². The molecule has 0 radical (unpaired) electrons. The van der Waals surface area contributed by atoms with Crippen molar-refractivity contribution in [3.05, 3.63) is 38.9 Å². The molecule has 1 N–H and O–H groups in total. The number of ether oxygens (including phenoxy) is 1. The lowest BCUT2D eigenvalue weighted by molar-refractivity contribution is 0.412. The lowest BCUT2D eigenvalue weighted by Crippen LogP contribution is -1.96. The second-order valence-corrected chi connectivity index (χ2v) is 6.82. The van der Waals surface area contributed by atoms with E-state index in [-0.39, 0.29) is 5.28 Å². The van der Waals surface area contributed by atoms with Crippen LogP contribution in [0.25, 0.3) is 10.2 Å². The van der Waals surface area contributed by atoms with Crippen LogP contribution in [0, 0.1) is 6.92 Å². The van der Waals surface area contributed by atoms with Crippen molar-refractivity contribution in [2.75, 3.05) is 12.4 Å². The summed E-state index contributed by atoms with van der Waals surface area (Å²) < 4.78 is 6.09. The van der Waals surface area contributed by atoms with Crippen LogP contribution >= 0.6 is 38.9 Å². The number of hydrogen-bond donors (Lipinski definition) is 1. The summed E-state index contributed by atoms with van der Waals surface area (Å²) in [4.78, 5) is 10.6. The standard InChI is InChI=1S/C14H11BrClN3OS/c1-7-5-9-12(18-14(16)19-13(9)21-7)17-8-3-4-11(20-2)10(15)6-8/h3-6H,1-2H3,(H,17,18,19). The minimum absolute atomic E-state index is 0.236. The number of halogens is 2. The van der Waals surface area contributed by atoms with Gasteiger partial charge in [0.05, 0.1) is 17.0 Å². The van der Waals surface area contributed by atoms with Gasteiger partial charge in [-0.3, -0.25) is 0 Å². The molecule has 21 heavy (non-hydrogen) atoms. The lowest BCUT2D eigenvalue weighted by atomic mass is 10.3. The topological polar surface area (TPSA) is 47.0 Å². The molecule has 0 amide bonds. The zero-order valence-corrected chi connectivity index (χ0v) is 14.4. The number of methoxy groups -OCH3 is 1. The number of hydrogen-bond acceptors (Lipinski definition) is 5. The lowest BCUT2D eigenvalue weighted by Gasteiger charge is -2.09. The predicted octanol–water partition coefficient (Wildman–Crippen LogP) is 5.17. The molecule has 2 aromatic heterocycles. The Kier molecular flexibility index (Phi) is 4.01. The molecule has 7 heteroatoms. The fourth-order valence-corrected chi connectivity index (χ4v) is 3.63. The quantitative estimate of drug-likeness (QED) is 0.633. The van der Waals surface area contributed by atoms with Crippen molar-refractivity contribution in [3.63, 3.8) is 0 Å². The van der Waals surface area contributed by atoms with Gasteiger partial charge in [-0.25, -0.2) is 4.98 Å². The van der Waals surface area contributed by atoms with Crippen molar-refractivity contribution in [3.8, 4) is 5.75 Å². The minimum atomic E-state index is 0.236. The van der Waals surface area contributed by atoms with E-state index in [1.807, 2.05) is 25.1 Å². The van der Waals surface area contributed by atoms with Crippen molar-refractivity contribution in [1.82, 2.24) is 9.97 Å². The van der Waals surface area contributed by atoms with Gasteiger partial charge in [0.15, 0.2) is 0 Å². The zero-order valence-electron chi connectivity index (χ0n) is 11.3. The molecule has 0 atom stereocenters. The first-order valence-electron chi connectivity index (χ1n) is 6.11. The number of rotatable bonds is 3. The van der Waals surface area contributed by atoms with E-state index in [4.69, 9.17) is 16.3 Å². The van der Waals surface area contributed by atoms with Crippen molar-refractivity contribution in [2.45, 2.75) is 6.92 Å². The summed E-state index contributed by atoms with van der Waals surface area (Å²) in [6.07, 6.45) is 0. The first-order chi connectivity index (χ1) is 10.1. The molecule has 0 spiro atoms. The van der Waals surface area contributed by atoms with E-state index in [0.29, 0.717) is 5.82 Å². The summed E-state index contributed by atoms with van der Waals surface area (Å²) in [6, 6.07) is 7.78. The highest BCUT2D eigenvalue weighted by molar-refractivity contribution is 9.10. The van der Waals surface area contributed by atoms with Gasteiger partial charge in [-0.1, -0.05) is 0 Å². The Labute approximate surface area is 139 Å². The molecular formula is C14H11BrClN3OS. The molecule has 0 saturated heterocycles. The van der Waals surface area contributed by atoms with Crippen LogP contribution in [0.5, 0.6) is 5.75 Å². The molecule has 0 aliphatic rings. The Bertz CT molecular complexity index is 821. The molecule has 0 aliphatic heterocycles. The maximum absolute atomic E-state index is 5.99. The number of aromatic nitrogens is 2. The highest BCUT2D eigenvalue weighted by Crippen LogP contribution is 2.33. The Hall–Kier alpha value is -1.37. The average molecular weight is 385 g/mol. The number of fused-ring (bicyclic) bond motifs is 1. The highest BCUT2D eigenvalue weighted by atomic mass is 79.9. The monoisotopic (exact) mass is 383 g/mol. The average Bonchev–Trinajstić information content (AvgIpc) is 2.79. The van der Waals surface area contributed by atoms with Crippen LogP contribution in [0.15, 0.2) is 28.7 Å². The number of nitrogens with zero attached hydrogens (tertiary/aromatic N) is 2. The number of thiophene rings is 1. The third-order valence-corrected chi connectivity index (χ3v) is 4.64. The van der Waals surface area contributed by atoms with E-state index in [1.54, 1.807) is 18.4 Å². The van der Waals surface area contributed by atoms with E-state index < -0.39 is 0 Å². The maximum atomic E-state index is 5.99.